The highest BCUT2D eigenvalue weighted by atomic mass is 35.5. The van der Waals surface area contributed by atoms with Gasteiger partial charge in [-0.2, -0.15) is 0 Å². The van der Waals surface area contributed by atoms with E-state index in [2.05, 4.69) is 6.92 Å². The highest BCUT2D eigenvalue weighted by Crippen LogP contribution is 2.18. The van der Waals surface area contributed by atoms with Gasteiger partial charge in [0.05, 0.1) is 19.8 Å². The van der Waals surface area contributed by atoms with Gasteiger partial charge in [-0.1, -0.05) is 31.0 Å². The van der Waals surface area contributed by atoms with E-state index in [0.717, 1.165) is 25.0 Å². The summed E-state index contributed by atoms with van der Waals surface area (Å²) in [4.78, 5) is 0. The maximum absolute atomic E-state index is 5.81. The van der Waals surface area contributed by atoms with Crippen LogP contribution in [0.3, 0.4) is 0 Å². The molecule has 1 aromatic rings. The summed E-state index contributed by atoms with van der Waals surface area (Å²) in [6, 6.07) is 5.43. The van der Waals surface area contributed by atoms with Gasteiger partial charge in [-0.15, -0.1) is 0 Å². The number of rotatable bonds is 8. The molecule has 0 radical (unpaired) electrons. The quantitative estimate of drug-likeness (QED) is 0.574. The van der Waals surface area contributed by atoms with Crippen LogP contribution in [0.4, 0.5) is 5.69 Å². The fourth-order valence-corrected chi connectivity index (χ4v) is 1.53. The Labute approximate surface area is 108 Å². The van der Waals surface area contributed by atoms with Crippen LogP contribution in [-0.2, 0) is 16.1 Å². The summed E-state index contributed by atoms with van der Waals surface area (Å²) >= 11 is 5.81. The zero-order chi connectivity index (χ0) is 12.5. The minimum absolute atomic E-state index is 0.500. The number of hydrogen-bond donors (Lipinski definition) is 1. The second-order valence-corrected chi connectivity index (χ2v) is 4.30. The number of benzene rings is 1. The fourth-order valence-electron chi connectivity index (χ4n) is 1.35. The zero-order valence-electron chi connectivity index (χ0n) is 10.2. The molecule has 2 N–H and O–H groups in total. The van der Waals surface area contributed by atoms with Gasteiger partial charge in [-0.25, -0.2) is 0 Å². The van der Waals surface area contributed by atoms with Gasteiger partial charge in [0, 0.05) is 22.9 Å². The number of nitrogens with two attached hydrogens (primary N) is 1. The molecular formula is C13H20ClNO2. The Morgan fingerprint density at radius 2 is 1.94 bits per heavy atom. The molecule has 0 fully saturated rings. The molecule has 0 aliphatic rings. The minimum atomic E-state index is 0.500. The lowest BCUT2D eigenvalue weighted by Gasteiger charge is -2.08. The lowest BCUT2D eigenvalue weighted by atomic mass is 10.2. The first-order chi connectivity index (χ1) is 8.24. The Bertz CT molecular complexity index is 331. The van der Waals surface area contributed by atoms with Crippen molar-refractivity contribution < 1.29 is 9.47 Å². The average Bonchev–Trinajstić information content (AvgIpc) is 2.30. The van der Waals surface area contributed by atoms with Gasteiger partial charge in [-0.05, 0) is 18.6 Å². The largest absolute Gasteiger partial charge is 0.398 e. The van der Waals surface area contributed by atoms with Gasteiger partial charge in [-0.3, -0.25) is 0 Å². The van der Waals surface area contributed by atoms with E-state index in [4.69, 9.17) is 26.8 Å². The van der Waals surface area contributed by atoms with E-state index in [9.17, 15) is 0 Å². The second-order valence-electron chi connectivity index (χ2n) is 3.86. The summed E-state index contributed by atoms with van der Waals surface area (Å²) in [5, 5.41) is 0.647. The molecule has 4 heteroatoms. The molecule has 17 heavy (non-hydrogen) atoms. The molecule has 0 unspecified atom stereocenters. The third-order valence-corrected chi connectivity index (χ3v) is 2.61. The topological polar surface area (TPSA) is 44.5 Å². The Morgan fingerprint density at radius 3 is 2.65 bits per heavy atom. The van der Waals surface area contributed by atoms with Crippen LogP contribution in [0.1, 0.15) is 25.3 Å². The van der Waals surface area contributed by atoms with Gasteiger partial charge in [0.1, 0.15) is 0 Å². The molecule has 0 bridgehead atoms. The van der Waals surface area contributed by atoms with Crippen LogP contribution in [0, 0.1) is 0 Å². The smallest absolute Gasteiger partial charge is 0.0738 e. The molecule has 0 spiro atoms. The Balaban J connectivity index is 2.14. The van der Waals surface area contributed by atoms with Gasteiger partial charge in [0.15, 0.2) is 0 Å². The van der Waals surface area contributed by atoms with Crippen LogP contribution < -0.4 is 5.73 Å². The van der Waals surface area contributed by atoms with E-state index < -0.39 is 0 Å². The van der Waals surface area contributed by atoms with Crippen molar-refractivity contribution >= 4 is 17.3 Å². The molecule has 0 amide bonds. The van der Waals surface area contributed by atoms with Crippen LogP contribution >= 0.6 is 11.6 Å². The van der Waals surface area contributed by atoms with Crippen molar-refractivity contribution in [3.05, 3.63) is 28.8 Å². The predicted octanol–water partition coefficient (Wildman–Crippen LogP) is 3.26. The standard InChI is InChI=1S/C13H20ClNO2/c1-2-3-6-16-7-8-17-10-11-4-5-12(14)9-13(11)15/h4-5,9H,2-3,6-8,10,15H2,1H3. The van der Waals surface area contributed by atoms with Crippen molar-refractivity contribution in [1.82, 2.24) is 0 Å². The zero-order valence-corrected chi connectivity index (χ0v) is 11.0. The summed E-state index contributed by atoms with van der Waals surface area (Å²) in [5.41, 5.74) is 7.44. The van der Waals surface area contributed by atoms with E-state index in [-0.39, 0.29) is 0 Å². The summed E-state index contributed by atoms with van der Waals surface area (Å²) < 4.78 is 10.9. The highest BCUT2D eigenvalue weighted by molar-refractivity contribution is 6.30. The molecule has 0 aliphatic carbocycles. The maximum Gasteiger partial charge on any atom is 0.0738 e. The van der Waals surface area contributed by atoms with Gasteiger partial charge < -0.3 is 15.2 Å². The maximum atomic E-state index is 5.81. The van der Waals surface area contributed by atoms with Crippen molar-refractivity contribution in [1.29, 1.82) is 0 Å². The number of nitrogen functional groups attached to an aromatic ring is 1. The summed E-state index contributed by atoms with van der Waals surface area (Å²) in [7, 11) is 0. The first-order valence-corrected chi connectivity index (χ1v) is 6.31. The lowest BCUT2D eigenvalue weighted by Crippen LogP contribution is -2.06. The molecule has 1 rings (SSSR count). The van der Waals surface area contributed by atoms with Gasteiger partial charge in [0.25, 0.3) is 0 Å². The molecule has 3 nitrogen and oxygen atoms in total. The van der Waals surface area contributed by atoms with Gasteiger partial charge >= 0.3 is 0 Å². The molecule has 0 saturated heterocycles. The summed E-state index contributed by atoms with van der Waals surface area (Å²) in [5.74, 6) is 0. The van der Waals surface area contributed by atoms with Crippen LogP contribution in [0.2, 0.25) is 5.02 Å². The first-order valence-electron chi connectivity index (χ1n) is 5.93. The molecule has 0 saturated carbocycles. The first kappa shape index (κ1) is 14.3. The molecule has 96 valence electrons. The van der Waals surface area contributed by atoms with Crippen molar-refractivity contribution in [3.8, 4) is 0 Å². The van der Waals surface area contributed by atoms with E-state index in [1.807, 2.05) is 12.1 Å². The van der Waals surface area contributed by atoms with Crippen molar-refractivity contribution in [2.24, 2.45) is 0 Å². The normalized spacial score (nSPS) is 10.7. The lowest BCUT2D eigenvalue weighted by molar-refractivity contribution is 0.0398. The number of halogens is 1. The third kappa shape index (κ3) is 5.91. The molecule has 0 aromatic heterocycles. The SMILES string of the molecule is CCCCOCCOCc1ccc(Cl)cc1N. The molecule has 0 atom stereocenters. The Kier molecular flexibility index (Phi) is 7.01. The molecule has 0 heterocycles. The third-order valence-electron chi connectivity index (χ3n) is 2.38. The van der Waals surface area contributed by atoms with Crippen molar-refractivity contribution in [2.75, 3.05) is 25.6 Å². The predicted molar refractivity (Wildman–Crippen MR) is 71.2 cm³/mol. The van der Waals surface area contributed by atoms with E-state index in [1.165, 1.54) is 0 Å². The average molecular weight is 258 g/mol. The van der Waals surface area contributed by atoms with Crippen molar-refractivity contribution in [3.63, 3.8) is 0 Å². The molecule has 0 aliphatic heterocycles. The summed E-state index contributed by atoms with van der Waals surface area (Å²) in [6.07, 6.45) is 2.26. The number of unbranched alkanes of at least 4 members (excludes halogenated alkanes) is 1. The molecular weight excluding hydrogens is 238 g/mol. The van der Waals surface area contributed by atoms with E-state index in [1.54, 1.807) is 6.07 Å². The van der Waals surface area contributed by atoms with Gasteiger partial charge in [0.2, 0.25) is 0 Å². The van der Waals surface area contributed by atoms with Crippen LogP contribution in [-0.4, -0.2) is 19.8 Å². The van der Waals surface area contributed by atoms with Crippen LogP contribution in [0.5, 0.6) is 0 Å². The monoisotopic (exact) mass is 257 g/mol. The van der Waals surface area contributed by atoms with E-state index >= 15 is 0 Å². The number of hydrogen-bond acceptors (Lipinski definition) is 3. The van der Waals surface area contributed by atoms with Crippen LogP contribution in [0.25, 0.3) is 0 Å². The van der Waals surface area contributed by atoms with Crippen LogP contribution in [0.15, 0.2) is 18.2 Å². The number of ether oxygens (including phenoxy) is 2. The molecule has 1 aromatic carbocycles. The van der Waals surface area contributed by atoms with Crippen molar-refractivity contribution in [2.45, 2.75) is 26.4 Å². The second kappa shape index (κ2) is 8.34. The highest BCUT2D eigenvalue weighted by Gasteiger charge is 2.00. The fraction of sp³-hybridized carbons (Fsp3) is 0.538. The summed E-state index contributed by atoms with van der Waals surface area (Å²) in [6.45, 7) is 4.67. The minimum Gasteiger partial charge on any atom is -0.398 e. The number of anilines is 1. The van der Waals surface area contributed by atoms with E-state index in [0.29, 0.717) is 30.5 Å². The Hall–Kier alpha value is -0.770. The Morgan fingerprint density at radius 1 is 1.18 bits per heavy atom.